The molecule has 0 unspecified atom stereocenters. The Kier molecular flexibility index (Phi) is 10.0. The summed E-state index contributed by atoms with van der Waals surface area (Å²) in [5.41, 5.74) is 1.31. The van der Waals surface area contributed by atoms with Crippen LogP contribution in [-0.4, -0.2) is 50.0 Å². The molecule has 0 heterocycles. The van der Waals surface area contributed by atoms with Crippen LogP contribution >= 0.6 is 11.6 Å². The van der Waals surface area contributed by atoms with Gasteiger partial charge in [-0.2, -0.15) is 0 Å². The molecule has 39 heavy (non-hydrogen) atoms. The van der Waals surface area contributed by atoms with Gasteiger partial charge >= 0.3 is 0 Å². The number of halogens is 3. The maximum absolute atomic E-state index is 13.9. The first kappa shape index (κ1) is 30.0. The first-order valence-corrected chi connectivity index (χ1v) is 14.4. The third-order valence-corrected chi connectivity index (χ3v) is 7.27. The van der Waals surface area contributed by atoms with Gasteiger partial charge in [-0.15, -0.1) is 0 Å². The van der Waals surface area contributed by atoms with E-state index in [1.54, 1.807) is 13.8 Å². The van der Waals surface area contributed by atoms with E-state index in [1.807, 2.05) is 30.3 Å². The van der Waals surface area contributed by atoms with Gasteiger partial charge in [0.25, 0.3) is 0 Å². The van der Waals surface area contributed by atoms with E-state index in [0.717, 1.165) is 28.3 Å². The molecule has 0 aliphatic carbocycles. The van der Waals surface area contributed by atoms with Crippen molar-refractivity contribution in [3.8, 4) is 0 Å². The molecule has 0 radical (unpaired) electrons. The number of hydrogen-bond acceptors (Lipinski definition) is 4. The lowest BCUT2D eigenvalue weighted by molar-refractivity contribution is -0.140. The van der Waals surface area contributed by atoms with Crippen molar-refractivity contribution in [2.24, 2.45) is 0 Å². The molecule has 0 bridgehead atoms. The van der Waals surface area contributed by atoms with E-state index >= 15 is 0 Å². The third-order valence-electron chi connectivity index (χ3n) is 5.84. The Labute approximate surface area is 232 Å². The molecule has 0 spiro atoms. The molecule has 208 valence electrons. The lowest BCUT2D eigenvalue weighted by Gasteiger charge is -2.34. The number of carbonyl (C=O) groups excluding carboxylic acids is 2. The molecule has 0 saturated heterocycles. The normalized spacial score (nSPS) is 12.2. The predicted octanol–water partition coefficient (Wildman–Crippen LogP) is 4.55. The Morgan fingerprint density at radius 3 is 2.15 bits per heavy atom. The average molecular weight is 578 g/mol. The molecule has 2 amide bonds. The molecule has 1 N–H and O–H groups in total. The highest BCUT2D eigenvalue weighted by Crippen LogP contribution is 2.25. The topological polar surface area (TPSA) is 86.8 Å². The average Bonchev–Trinajstić information content (AvgIpc) is 2.87. The number of amides is 2. The first-order valence-electron chi connectivity index (χ1n) is 12.2. The predicted molar refractivity (Wildman–Crippen MR) is 148 cm³/mol. The summed E-state index contributed by atoms with van der Waals surface area (Å²) >= 11 is 5.88. The summed E-state index contributed by atoms with van der Waals surface area (Å²) in [6.45, 7) is 2.80. The lowest BCUT2D eigenvalue weighted by Crippen LogP contribution is -2.54. The van der Waals surface area contributed by atoms with Gasteiger partial charge in [0, 0.05) is 19.0 Å². The van der Waals surface area contributed by atoms with E-state index in [4.69, 9.17) is 11.6 Å². The fraction of sp³-hybridized carbons (Fsp3) is 0.286. The fourth-order valence-electron chi connectivity index (χ4n) is 3.98. The van der Waals surface area contributed by atoms with Gasteiger partial charge in [-0.05, 0) is 55.3 Å². The van der Waals surface area contributed by atoms with Crippen LogP contribution in [-0.2, 0) is 32.6 Å². The number of nitrogens with zero attached hydrogens (tertiary/aromatic N) is 2. The Balaban J connectivity index is 2.06. The van der Waals surface area contributed by atoms with Crippen molar-refractivity contribution in [1.82, 2.24) is 10.2 Å². The summed E-state index contributed by atoms with van der Waals surface area (Å²) < 4.78 is 53.6. The minimum absolute atomic E-state index is 0.00905. The minimum Gasteiger partial charge on any atom is -0.352 e. The standard InChI is InChI=1S/C28H30ClF2N3O4S/c1-19(2)32-28(36)26(15-20-7-5-4-6-8-20)33(17-21-9-11-22(30)12-10-21)27(35)18-34(39(3,37)38)23-13-14-25(31)24(29)16-23/h4-14,16,19,26H,15,17-18H2,1-3H3,(H,32,36)/t26-/m0/s1. The van der Waals surface area contributed by atoms with Crippen LogP contribution in [0.5, 0.6) is 0 Å². The van der Waals surface area contributed by atoms with E-state index < -0.39 is 46.1 Å². The molecule has 7 nitrogen and oxygen atoms in total. The van der Waals surface area contributed by atoms with Gasteiger partial charge in [0.05, 0.1) is 17.0 Å². The Bertz CT molecular complexity index is 1400. The number of anilines is 1. The van der Waals surface area contributed by atoms with Crippen molar-refractivity contribution in [3.05, 3.63) is 101 Å². The molecular weight excluding hydrogens is 548 g/mol. The van der Waals surface area contributed by atoms with E-state index in [9.17, 15) is 26.8 Å². The van der Waals surface area contributed by atoms with Gasteiger partial charge in [-0.3, -0.25) is 13.9 Å². The summed E-state index contributed by atoms with van der Waals surface area (Å²) in [6, 6.07) is 16.6. The maximum Gasteiger partial charge on any atom is 0.244 e. The zero-order valence-corrected chi connectivity index (χ0v) is 23.3. The quantitative estimate of drug-likeness (QED) is 0.362. The van der Waals surface area contributed by atoms with Gasteiger partial charge in [0.2, 0.25) is 21.8 Å². The van der Waals surface area contributed by atoms with E-state index in [2.05, 4.69) is 5.32 Å². The molecule has 11 heteroatoms. The number of carbonyl (C=O) groups is 2. The molecule has 0 aliphatic heterocycles. The number of nitrogens with one attached hydrogen (secondary N) is 1. The number of rotatable bonds is 11. The minimum atomic E-state index is -4.02. The van der Waals surface area contributed by atoms with Gasteiger partial charge in [-0.25, -0.2) is 17.2 Å². The molecule has 3 aromatic carbocycles. The fourth-order valence-corrected chi connectivity index (χ4v) is 4.99. The van der Waals surface area contributed by atoms with Crippen molar-refractivity contribution < 1.29 is 26.8 Å². The highest BCUT2D eigenvalue weighted by Gasteiger charge is 2.33. The van der Waals surface area contributed by atoms with Crippen LogP contribution in [0.2, 0.25) is 5.02 Å². The van der Waals surface area contributed by atoms with Crippen LogP contribution in [0.3, 0.4) is 0 Å². The third kappa shape index (κ3) is 8.49. The number of hydrogen-bond donors (Lipinski definition) is 1. The van der Waals surface area contributed by atoms with Gasteiger partial charge < -0.3 is 10.2 Å². The SMILES string of the molecule is CC(C)NC(=O)[C@H](Cc1ccccc1)N(Cc1ccc(F)cc1)C(=O)CN(c1ccc(F)c(Cl)c1)S(C)(=O)=O. The molecular formula is C28H30ClF2N3O4S. The number of benzene rings is 3. The van der Waals surface area contributed by atoms with Gasteiger partial charge in [0.15, 0.2) is 0 Å². The first-order chi connectivity index (χ1) is 18.3. The van der Waals surface area contributed by atoms with Crippen molar-refractivity contribution in [1.29, 1.82) is 0 Å². The summed E-state index contributed by atoms with van der Waals surface area (Å²) in [4.78, 5) is 28.6. The maximum atomic E-state index is 13.9. The molecule has 0 aromatic heterocycles. The largest absolute Gasteiger partial charge is 0.352 e. The molecule has 1 atom stereocenters. The van der Waals surface area contributed by atoms with Gasteiger partial charge in [0.1, 0.15) is 24.2 Å². The second kappa shape index (κ2) is 13.0. The summed E-state index contributed by atoms with van der Waals surface area (Å²) in [6.07, 6.45) is 1.06. The lowest BCUT2D eigenvalue weighted by atomic mass is 10.0. The highest BCUT2D eigenvalue weighted by molar-refractivity contribution is 7.92. The zero-order chi connectivity index (χ0) is 28.7. The molecule has 3 rings (SSSR count). The summed E-state index contributed by atoms with van der Waals surface area (Å²) in [5, 5.41) is 2.53. The molecule has 3 aromatic rings. The van der Waals surface area contributed by atoms with E-state index in [-0.39, 0.29) is 29.7 Å². The smallest absolute Gasteiger partial charge is 0.244 e. The number of sulfonamides is 1. The Hall–Kier alpha value is -3.50. The Morgan fingerprint density at radius 2 is 1.59 bits per heavy atom. The van der Waals surface area contributed by atoms with Crippen molar-refractivity contribution in [2.75, 3.05) is 17.1 Å². The molecule has 0 saturated carbocycles. The second-order valence-corrected chi connectivity index (χ2v) is 11.7. The van der Waals surface area contributed by atoms with Crippen LogP contribution < -0.4 is 9.62 Å². The van der Waals surface area contributed by atoms with Crippen molar-refractivity contribution in [2.45, 2.75) is 38.9 Å². The Morgan fingerprint density at radius 1 is 0.949 bits per heavy atom. The molecule has 0 aliphatic rings. The van der Waals surface area contributed by atoms with Crippen molar-refractivity contribution >= 4 is 39.1 Å². The van der Waals surface area contributed by atoms with Crippen LogP contribution in [0.4, 0.5) is 14.5 Å². The van der Waals surface area contributed by atoms with E-state index in [1.165, 1.54) is 35.2 Å². The molecule has 0 fully saturated rings. The van der Waals surface area contributed by atoms with Gasteiger partial charge in [-0.1, -0.05) is 54.1 Å². The zero-order valence-electron chi connectivity index (χ0n) is 21.8. The van der Waals surface area contributed by atoms with Crippen LogP contribution in [0, 0.1) is 11.6 Å². The van der Waals surface area contributed by atoms with Crippen LogP contribution in [0.25, 0.3) is 0 Å². The second-order valence-electron chi connectivity index (χ2n) is 9.38. The van der Waals surface area contributed by atoms with E-state index in [0.29, 0.717) is 5.56 Å². The van der Waals surface area contributed by atoms with Crippen molar-refractivity contribution in [3.63, 3.8) is 0 Å². The summed E-state index contributed by atoms with van der Waals surface area (Å²) in [5.74, 6) is -2.33. The monoisotopic (exact) mass is 577 g/mol. The summed E-state index contributed by atoms with van der Waals surface area (Å²) in [7, 11) is -4.02. The van der Waals surface area contributed by atoms with Crippen LogP contribution in [0.1, 0.15) is 25.0 Å². The van der Waals surface area contributed by atoms with Crippen LogP contribution in [0.15, 0.2) is 72.8 Å². The highest BCUT2D eigenvalue weighted by atomic mass is 35.5.